The van der Waals surface area contributed by atoms with Crippen LogP contribution in [0.4, 0.5) is 0 Å². The van der Waals surface area contributed by atoms with E-state index in [1.165, 1.54) is 0 Å². The van der Waals surface area contributed by atoms with E-state index in [4.69, 9.17) is 0 Å². The molecule has 0 aromatic heterocycles. The lowest BCUT2D eigenvalue weighted by Gasteiger charge is -2.00. The second-order valence-electron chi connectivity index (χ2n) is 3.86. The molecule has 2 aromatic carbocycles. The fourth-order valence-corrected chi connectivity index (χ4v) is 4.03. The quantitative estimate of drug-likeness (QED) is 0.785. The molecule has 2 aromatic rings. The Hall–Kier alpha value is -1.52. The van der Waals surface area contributed by atoms with Crippen LogP contribution in [0.3, 0.4) is 0 Å². The summed E-state index contributed by atoms with van der Waals surface area (Å²) < 4.78 is 23.9. The van der Waals surface area contributed by atoms with E-state index in [0.29, 0.717) is 10.6 Å². The Morgan fingerprint density at radius 1 is 0.895 bits per heavy atom. The van der Waals surface area contributed by atoms with Gasteiger partial charge in [0.1, 0.15) is 0 Å². The second kappa shape index (κ2) is 6.59. The predicted molar refractivity (Wildman–Crippen MR) is 81.6 cm³/mol. The first-order valence-electron chi connectivity index (χ1n) is 5.84. The number of benzene rings is 2. The first-order valence-corrected chi connectivity index (χ1v) is 8.83. The Balaban J connectivity index is 1.95. The average Bonchev–Trinajstić information content (AvgIpc) is 2.46. The Kier molecular flexibility index (Phi) is 4.82. The largest absolute Gasteiger partial charge is 0.230 e. The number of hydrogen-bond donors (Lipinski definition) is 0. The highest BCUT2D eigenvalue weighted by Crippen LogP contribution is 2.23. The molecular formula is C15H14O2S2. The van der Waals surface area contributed by atoms with E-state index < -0.39 is 8.87 Å². The van der Waals surface area contributed by atoms with E-state index in [1.807, 2.05) is 42.5 Å². The Morgan fingerprint density at radius 3 is 2.11 bits per heavy atom. The summed E-state index contributed by atoms with van der Waals surface area (Å²) in [4.78, 5) is 0.355. The van der Waals surface area contributed by atoms with Crippen LogP contribution in [0.1, 0.15) is 5.56 Å². The lowest BCUT2D eigenvalue weighted by molar-refractivity contribution is 0.610. The van der Waals surface area contributed by atoms with Gasteiger partial charge in [0, 0.05) is 5.75 Å². The molecule has 2 nitrogen and oxygen atoms in total. The minimum absolute atomic E-state index is 0.355. The summed E-state index contributed by atoms with van der Waals surface area (Å²) in [7, 11) is -2.31. The van der Waals surface area contributed by atoms with Crippen molar-refractivity contribution in [3.05, 3.63) is 72.3 Å². The molecule has 0 amide bonds. The molecular weight excluding hydrogens is 276 g/mol. The van der Waals surface area contributed by atoms with E-state index >= 15 is 0 Å². The van der Waals surface area contributed by atoms with Crippen LogP contribution < -0.4 is 0 Å². The lowest BCUT2D eigenvalue weighted by atomic mass is 10.2. The smallest absolute Gasteiger partial charge is 0.212 e. The number of hydrogen-bond acceptors (Lipinski definition) is 3. The molecule has 0 saturated carbocycles. The molecule has 0 fully saturated rings. The highest BCUT2D eigenvalue weighted by Gasteiger charge is 2.12. The zero-order valence-electron chi connectivity index (χ0n) is 10.3. The summed E-state index contributed by atoms with van der Waals surface area (Å²) in [5.41, 5.74) is 1.07. The van der Waals surface area contributed by atoms with E-state index in [9.17, 15) is 8.42 Å². The maximum Gasteiger partial charge on any atom is 0.230 e. The van der Waals surface area contributed by atoms with E-state index in [-0.39, 0.29) is 0 Å². The fraction of sp³-hybridized carbons (Fsp3) is 0.0667. The molecule has 0 atom stereocenters. The minimum Gasteiger partial charge on any atom is -0.212 e. The first-order chi connectivity index (χ1) is 9.18. The molecule has 0 spiro atoms. The summed E-state index contributed by atoms with van der Waals surface area (Å²) in [6.07, 6.45) is 3.79. The summed E-state index contributed by atoms with van der Waals surface area (Å²) in [6, 6.07) is 18.3. The molecule has 2 rings (SSSR count). The zero-order chi connectivity index (χ0) is 13.6. The second-order valence-corrected chi connectivity index (χ2v) is 7.84. The summed E-state index contributed by atoms with van der Waals surface area (Å²) in [6.45, 7) is 0. The third kappa shape index (κ3) is 4.26. The standard InChI is InChI=1S/C15H14O2S2/c16-19(17,15-11-5-2-6-12-15)18-13-7-10-14-8-3-1-4-9-14/h1-12H,13H2/b10-7+. The maximum absolute atomic E-state index is 12.0. The first kappa shape index (κ1) is 13.9. The van der Waals surface area contributed by atoms with Crippen LogP contribution in [0, 0.1) is 0 Å². The van der Waals surface area contributed by atoms with Gasteiger partial charge >= 0.3 is 0 Å². The van der Waals surface area contributed by atoms with Crippen LogP contribution >= 0.6 is 10.8 Å². The van der Waals surface area contributed by atoms with Crippen molar-refractivity contribution in [2.24, 2.45) is 0 Å². The van der Waals surface area contributed by atoms with Gasteiger partial charge in [0.15, 0.2) is 0 Å². The topological polar surface area (TPSA) is 34.1 Å². The molecule has 4 heteroatoms. The van der Waals surface area contributed by atoms with Gasteiger partial charge in [-0.3, -0.25) is 0 Å². The van der Waals surface area contributed by atoms with Crippen molar-refractivity contribution in [2.45, 2.75) is 4.90 Å². The molecule has 0 heterocycles. The zero-order valence-corrected chi connectivity index (χ0v) is 11.9. The van der Waals surface area contributed by atoms with Crippen LogP contribution in [0.15, 0.2) is 71.6 Å². The van der Waals surface area contributed by atoms with Gasteiger partial charge in [-0.25, -0.2) is 8.42 Å². The summed E-state index contributed by atoms with van der Waals surface area (Å²) in [5.74, 6) is 0.437. The lowest BCUT2D eigenvalue weighted by Crippen LogP contribution is -1.95. The van der Waals surface area contributed by atoms with Gasteiger partial charge in [0.25, 0.3) is 0 Å². The fourth-order valence-electron chi connectivity index (χ4n) is 1.53. The van der Waals surface area contributed by atoms with Crippen molar-refractivity contribution in [3.63, 3.8) is 0 Å². The molecule has 0 aliphatic heterocycles. The van der Waals surface area contributed by atoms with E-state index in [1.54, 1.807) is 30.3 Å². The van der Waals surface area contributed by atoms with Crippen molar-refractivity contribution in [3.8, 4) is 0 Å². The van der Waals surface area contributed by atoms with Crippen molar-refractivity contribution >= 4 is 25.7 Å². The van der Waals surface area contributed by atoms with Crippen LogP contribution in [-0.2, 0) is 8.87 Å². The molecule has 0 unspecified atom stereocenters. The normalized spacial score (nSPS) is 11.8. The van der Waals surface area contributed by atoms with Crippen molar-refractivity contribution in [1.82, 2.24) is 0 Å². The van der Waals surface area contributed by atoms with Gasteiger partial charge in [-0.2, -0.15) is 0 Å². The molecule has 0 bridgehead atoms. The van der Waals surface area contributed by atoms with E-state index in [0.717, 1.165) is 16.4 Å². The maximum atomic E-state index is 12.0. The highest BCUT2D eigenvalue weighted by atomic mass is 33.1. The van der Waals surface area contributed by atoms with Gasteiger partial charge in [-0.1, -0.05) is 60.7 Å². The van der Waals surface area contributed by atoms with Gasteiger partial charge in [-0.15, -0.1) is 0 Å². The van der Waals surface area contributed by atoms with E-state index in [2.05, 4.69) is 0 Å². The number of rotatable bonds is 5. The van der Waals surface area contributed by atoms with Gasteiger partial charge in [0.2, 0.25) is 8.87 Å². The molecule has 0 radical (unpaired) electrons. The third-order valence-corrected chi connectivity index (χ3v) is 5.87. The molecule has 0 N–H and O–H groups in total. The van der Waals surface area contributed by atoms with Crippen LogP contribution in [0.5, 0.6) is 0 Å². The van der Waals surface area contributed by atoms with Crippen LogP contribution in [0.2, 0.25) is 0 Å². The van der Waals surface area contributed by atoms with Crippen molar-refractivity contribution < 1.29 is 8.42 Å². The molecule has 0 saturated heterocycles. The Morgan fingerprint density at radius 2 is 1.47 bits per heavy atom. The Bertz CT molecular complexity index is 632. The molecule has 19 heavy (non-hydrogen) atoms. The average molecular weight is 290 g/mol. The monoisotopic (exact) mass is 290 g/mol. The summed E-state index contributed by atoms with van der Waals surface area (Å²) in [5, 5.41) is 0. The third-order valence-electron chi connectivity index (χ3n) is 2.46. The van der Waals surface area contributed by atoms with Crippen molar-refractivity contribution in [2.75, 3.05) is 5.75 Å². The van der Waals surface area contributed by atoms with Crippen molar-refractivity contribution in [1.29, 1.82) is 0 Å². The SMILES string of the molecule is O=S(=O)(SC/C=C/c1ccccc1)c1ccccc1. The Labute approximate surface area is 117 Å². The molecule has 0 aliphatic rings. The van der Waals surface area contributed by atoms with Gasteiger partial charge < -0.3 is 0 Å². The summed E-state index contributed by atoms with van der Waals surface area (Å²) >= 11 is 0. The minimum atomic E-state index is -3.25. The van der Waals surface area contributed by atoms with Gasteiger partial charge in [-0.05, 0) is 28.5 Å². The predicted octanol–water partition coefficient (Wildman–Crippen LogP) is 3.82. The van der Waals surface area contributed by atoms with Crippen LogP contribution in [-0.4, -0.2) is 14.2 Å². The highest BCUT2D eigenvalue weighted by molar-refractivity contribution is 8.72. The molecule has 98 valence electrons. The van der Waals surface area contributed by atoms with Crippen LogP contribution in [0.25, 0.3) is 6.08 Å². The molecule has 0 aliphatic carbocycles. The van der Waals surface area contributed by atoms with Gasteiger partial charge in [0.05, 0.1) is 4.90 Å².